The van der Waals surface area contributed by atoms with Crippen molar-refractivity contribution in [1.82, 2.24) is 0 Å². The number of nitrogens with one attached hydrogen (secondary N) is 1. The fourth-order valence-corrected chi connectivity index (χ4v) is 2.62. The van der Waals surface area contributed by atoms with Crippen LogP contribution in [0.1, 0.15) is 33.2 Å². The number of halogens is 2. The zero-order valence-corrected chi connectivity index (χ0v) is 15.9. The average molecular weight is 409 g/mol. The smallest absolute Gasteiger partial charge is 0.338 e. The average Bonchev–Trinajstić information content (AvgIpc) is 2.76. The van der Waals surface area contributed by atoms with Gasteiger partial charge in [0.15, 0.2) is 11.9 Å². The second kappa shape index (κ2) is 9.09. The lowest BCUT2D eigenvalue weighted by atomic mass is 10.0. The first-order chi connectivity index (χ1) is 14.3. The van der Waals surface area contributed by atoms with E-state index in [2.05, 4.69) is 5.32 Å². The van der Waals surface area contributed by atoms with Gasteiger partial charge in [0.2, 0.25) is 0 Å². The highest BCUT2D eigenvalue weighted by atomic mass is 19.1. The van der Waals surface area contributed by atoms with Crippen LogP contribution in [0.4, 0.5) is 14.5 Å². The van der Waals surface area contributed by atoms with Crippen LogP contribution in [0.25, 0.3) is 0 Å². The number of anilines is 1. The molecule has 0 unspecified atom stereocenters. The van der Waals surface area contributed by atoms with Crippen LogP contribution in [-0.2, 0) is 9.53 Å². The molecule has 3 aromatic carbocycles. The maximum Gasteiger partial charge on any atom is 0.338 e. The molecular formula is C23H17F2NO4. The van der Waals surface area contributed by atoms with E-state index in [9.17, 15) is 23.2 Å². The molecule has 0 aliphatic rings. The van der Waals surface area contributed by atoms with Gasteiger partial charge in [-0.25, -0.2) is 13.6 Å². The van der Waals surface area contributed by atoms with E-state index >= 15 is 0 Å². The Bertz CT molecular complexity index is 1080. The summed E-state index contributed by atoms with van der Waals surface area (Å²) in [7, 11) is 0. The lowest BCUT2D eigenvalue weighted by molar-refractivity contribution is -0.123. The normalized spacial score (nSPS) is 11.4. The third kappa shape index (κ3) is 4.94. The molecule has 1 amide bonds. The number of hydrogen-bond acceptors (Lipinski definition) is 4. The lowest BCUT2D eigenvalue weighted by Gasteiger charge is -2.14. The molecule has 3 aromatic rings. The van der Waals surface area contributed by atoms with Crippen molar-refractivity contribution >= 4 is 23.3 Å². The van der Waals surface area contributed by atoms with Gasteiger partial charge in [0.25, 0.3) is 5.91 Å². The van der Waals surface area contributed by atoms with Gasteiger partial charge in [-0.15, -0.1) is 0 Å². The number of carbonyl (C=O) groups excluding carboxylic acids is 3. The zero-order chi connectivity index (χ0) is 21.7. The van der Waals surface area contributed by atoms with E-state index in [1.165, 1.54) is 31.2 Å². The van der Waals surface area contributed by atoms with Crippen molar-refractivity contribution in [2.24, 2.45) is 0 Å². The molecule has 0 spiro atoms. The molecule has 152 valence electrons. The van der Waals surface area contributed by atoms with Crippen LogP contribution in [0.2, 0.25) is 0 Å². The van der Waals surface area contributed by atoms with E-state index < -0.39 is 29.6 Å². The van der Waals surface area contributed by atoms with Crippen molar-refractivity contribution in [3.8, 4) is 0 Å². The van der Waals surface area contributed by atoms with Crippen molar-refractivity contribution in [3.63, 3.8) is 0 Å². The Morgan fingerprint density at radius 2 is 1.43 bits per heavy atom. The van der Waals surface area contributed by atoms with Gasteiger partial charge in [-0.1, -0.05) is 42.5 Å². The minimum atomic E-state index is -1.26. The van der Waals surface area contributed by atoms with Crippen LogP contribution in [0.3, 0.4) is 0 Å². The van der Waals surface area contributed by atoms with Crippen LogP contribution in [0.5, 0.6) is 0 Å². The van der Waals surface area contributed by atoms with Crippen LogP contribution >= 0.6 is 0 Å². The highest BCUT2D eigenvalue weighted by molar-refractivity contribution is 6.09. The predicted octanol–water partition coefficient (Wildman–Crippen LogP) is 4.38. The molecule has 7 heteroatoms. The number of esters is 1. The Balaban J connectivity index is 1.63. The third-order valence-electron chi connectivity index (χ3n) is 4.26. The summed E-state index contributed by atoms with van der Waals surface area (Å²) in [5.74, 6) is -3.34. The van der Waals surface area contributed by atoms with Crippen molar-refractivity contribution < 1.29 is 27.9 Å². The maximum absolute atomic E-state index is 13.6. The van der Waals surface area contributed by atoms with Gasteiger partial charge in [-0.2, -0.15) is 0 Å². The second-order valence-corrected chi connectivity index (χ2v) is 6.43. The Hall–Kier alpha value is -3.87. The minimum absolute atomic E-state index is 0.135. The molecule has 1 N–H and O–H groups in total. The molecular weight excluding hydrogens is 392 g/mol. The summed E-state index contributed by atoms with van der Waals surface area (Å²) in [5, 5.41) is 2.17. The number of rotatable bonds is 6. The van der Waals surface area contributed by atoms with E-state index in [4.69, 9.17) is 4.74 Å². The third-order valence-corrected chi connectivity index (χ3v) is 4.26. The van der Waals surface area contributed by atoms with Crippen molar-refractivity contribution in [2.75, 3.05) is 5.32 Å². The molecule has 0 saturated heterocycles. The SMILES string of the molecule is C[C@H](OC(=O)c1ccc(C(=O)c2ccccc2)cc1)C(=O)Nc1cc(F)ccc1F. The molecule has 0 aromatic heterocycles. The molecule has 0 aliphatic carbocycles. The van der Waals surface area contributed by atoms with E-state index in [0.29, 0.717) is 11.1 Å². The van der Waals surface area contributed by atoms with Gasteiger partial charge in [0.1, 0.15) is 11.6 Å². The van der Waals surface area contributed by atoms with E-state index in [0.717, 1.165) is 18.2 Å². The molecule has 0 radical (unpaired) electrons. The van der Waals surface area contributed by atoms with E-state index in [1.807, 2.05) is 0 Å². The van der Waals surface area contributed by atoms with Gasteiger partial charge in [0.05, 0.1) is 11.3 Å². The van der Waals surface area contributed by atoms with Crippen molar-refractivity contribution in [2.45, 2.75) is 13.0 Å². The topological polar surface area (TPSA) is 72.5 Å². The maximum atomic E-state index is 13.6. The summed E-state index contributed by atoms with van der Waals surface area (Å²) in [6.45, 7) is 1.30. The quantitative estimate of drug-likeness (QED) is 0.484. The number of hydrogen-bond donors (Lipinski definition) is 1. The largest absolute Gasteiger partial charge is 0.449 e. The second-order valence-electron chi connectivity index (χ2n) is 6.43. The summed E-state index contributed by atoms with van der Waals surface area (Å²) in [6, 6.07) is 17.1. The van der Waals surface area contributed by atoms with Gasteiger partial charge >= 0.3 is 5.97 Å². The van der Waals surface area contributed by atoms with Crippen LogP contribution < -0.4 is 5.32 Å². The van der Waals surface area contributed by atoms with Gasteiger partial charge < -0.3 is 10.1 Å². The first-order valence-corrected chi connectivity index (χ1v) is 9.02. The van der Waals surface area contributed by atoms with Crippen LogP contribution in [-0.4, -0.2) is 23.8 Å². The zero-order valence-electron chi connectivity index (χ0n) is 15.9. The number of ether oxygens (including phenoxy) is 1. The Morgan fingerprint density at radius 1 is 0.833 bits per heavy atom. The molecule has 30 heavy (non-hydrogen) atoms. The monoisotopic (exact) mass is 409 g/mol. The summed E-state index contributed by atoms with van der Waals surface area (Å²) < 4.78 is 31.9. The lowest BCUT2D eigenvalue weighted by Crippen LogP contribution is -2.30. The molecule has 3 rings (SSSR count). The summed E-state index contributed by atoms with van der Waals surface area (Å²) in [6.07, 6.45) is -1.26. The van der Waals surface area contributed by atoms with E-state index in [1.54, 1.807) is 30.3 Å². The Morgan fingerprint density at radius 3 is 2.10 bits per heavy atom. The van der Waals surface area contributed by atoms with Gasteiger partial charge in [0, 0.05) is 17.2 Å². The van der Waals surface area contributed by atoms with Gasteiger partial charge in [-0.3, -0.25) is 9.59 Å². The summed E-state index contributed by atoms with van der Waals surface area (Å²) in [4.78, 5) is 36.8. The highest BCUT2D eigenvalue weighted by Crippen LogP contribution is 2.16. The molecule has 0 saturated carbocycles. The molecule has 0 fully saturated rings. The predicted molar refractivity (Wildman–Crippen MR) is 106 cm³/mol. The summed E-state index contributed by atoms with van der Waals surface area (Å²) >= 11 is 0. The molecule has 0 bridgehead atoms. The fraction of sp³-hybridized carbons (Fsp3) is 0.0870. The molecule has 1 atom stereocenters. The van der Waals surface area contributed by atoms with Crippen molar-refractivity contribution in [3.05, 3.63) is 101 Å². The number of amides is 1. The minimum Gasteiger partial charge on any atom is -0.449 e. The van der Waals surface area contributed by atoms with E-state index in [-0.39, 0.29) is 17.0 Å². The van der Waals surface area contributed by atoms with Gasteiger partial charge in [-0.05, 0) is 31.2 Å². The first kappa shape index (κ1) is 20.9. The summed E-state index contributed by atoms with van der Waals surface area (Å²) in [5.41, 5.74) is 0.690. The number of ketones is 1. The molecule has 0 heterocycles. The Labute approximate surface area is 171 Å². The van der Waals surface area contributed by atoms with Crippen LogP contribution in [0, 0.1) is 11.6 Å². The highest BCUT2D eigenvalue weighted by Gasteiger charge is 2.20. The first-order valence-electron chi connectivity index (χ1n) is 9.02. The molecule has 0 aliphatic heterocycles. The van der Waals surface area contributed by atoms with Crippen LogP contribution in [0.15, 0.2) is 72.8 Å². The number of benzene rings is 3. The van der Waals surface area contributed by atoms with Crippen molar-refractivity contribution in [1.29, 1.82) is 0 Å². The molecule has 5 nitrogen and oxygen atoms in total. The number of carbonyl (C=O) groups is 3. The Kier molecular flexibility index (Phi) is 6.32. The standard InChI is InChI=1S/C23H17F2NO4/c1-14(22(28)26-20-13-18(24)11-12-19(20)25)30-23(29)17-9-7-16(8-10-17)21(27)15-5-3-2-4-6-15/h2-14H,1H3,(H,26,28)/t14-/m0/s1. The fourth-order valence-electron chi connectivity index (χ4n) is 2.62.